The molecule has 6 nitrogen and oxygen atoms in total. The molecule has 0 saturated carbocycles. The molecule has 1 saturated heterocycles. The Kier molecular flexibility index (Phi) is 6.24. The third kappa shape index (κ3) is 4.44. The molecule has 2 heterocycles. The number of nitrogens with zero attached hydrogens (tertiary/aromatic N) is 2. The van der Waals surface area contributed by atoms with Crippen LogP contribution < -0.4 is 10.6 Å². The Morgan fingerprint density at radius 3 is 2.61 bits per heavy atom. The number of nitrogens with one attached hydrogen (secondary N) is 2. The molecule has 2 aliphatic heterocycles. The molecule has 33 heavy (non-hydrogen) atoms. The maximum absolute atomic E-state index is 14.1. The molecule has 0 atom stereocenters. The summed E-state index contributed by atoms with van der Waals surface area (Å²) in [7, 11) is -3.53. The van der Waals surface area contributed by atoms with Gasteiger partial charge in [0.1, 0.15) is 11.7 Å². The average molecular weight is 471 g/mol. The summed E-state index contributed by atoms with van der Waals surface area (Å²) in [5.74, 6) is 0.567. The summed E-state index contributed by atoms with van der Waals surface area (Å²) in [6.07, 6.45) is 5.54. The van der Waals surface area contributed by atoms with E-state index in [0.29, 0.717) is 49.5 Å². The summed E-state index contributed by atoms with van der Waals surface area (Å²) < 4.78 is 42.4. The molecule has 1 fully saturated rings. The van der Waals surface area contributed by atoms with Gasteiger partial charge in [-0.15, -0.1) is 0 Å². The predicted octanol–water partition coefficient (Wildman–Crippen LogP) is 3.02. The number of rotatable bonds is 4. The Balaban J connectivity index is 1.29. The molecular weight excluding hydrogens is 439 g/mol. The lowest BCUT2D eigenvalue weighted by molar-refractivity contribution is 0.241. The van der Waals surface area contributed by atoms with E-state index in [1.165, 1.54) is 23.6 Å². The van der Waals surface area contributed by atoms with Crippen molar-refractivity contribution in [3.05, 3.63) is 65.0 Å². The number of aryl methyl sites for hydroxylation is 2. The van der Waals surface area contributed by atoms with Crippen LogP contribution >= 0.6 is 0 Å². The molecular formula is C25H31FN4O2S. The van der Waals surface area contributed by atoms with Crippen LogP contribution in [0.4, 0.5) is 4.39 Å². The van der Waals surface area contributed by atoms with Crippen molar-refractivity contribution in [2.75, 3.05) is 26.2 Å². The highest BCUT2D eigenvalue weighted by Gasteiger charge is 2.43. The lowest BCUT2D eigenvalue weighted by Gasteiger charge is -2.44. The monoisotopic (exact) mass is 470 g/mol. The molecule has 0 unspecified atom stereocenters. The maximum Gasteiger partial charge on any atom is 0.243 e. The van der Waals surface area contributed by atoms with E-state index in [4.69, 9.17) is 4.99 Å². The van der Waals surface area contributed by atoms with Gasteiger partial charge in [0.25, 0.3) is 0 Å². The Hall–Kier alpha value is -2.29. The van der Waals surface area contributed by atoms with Crippen molar-refractivity contribution in [3.8, 4) is 0 Å². The predicted molar refractivity (Wildman–Crippen MR) is 127 cm³/mol. The highest BCUT2D eigenvalue weighted by atomic mass is 32.2. The molecule has 1 aliphatic carbocycles. The van der Waals surface area contributed by atoms with Gasteiger partial charge in [0.15, 0.2) is 0 Å². The van der Waals surface area contributed by atoms with Crippen molar-refractivity contribution >= 4 is 15.9 Å². The number of hydrogen-bond donors (Lipinski definition) is 2. The molecule has 0 radical (unpaired) electrons. The molecule has 0 amide bonds. The fourth-order valence-electron chi connectivity index (χ4n) is 5.28. The third-order valence-corrected chi connectivity index (χ3v) is 9.13. The van der Waals surface area contributed by atoms with Crippen LogP contribution in [0.1, 0.15) is 42.4 Å². The van der Waals surface area contributed by atoms with Crippen LogP contribution in [0.2, 0.25) is 0 Å². The van der Waals surface area contributed by atoms with Gasteiger partial charge >= 0.3 is 0 Å². The van der Waals surface area contributed by atoms with Crippen LogP contribution in [0, 0.1) is 5.82 Å². The summed E-state index contributed by atoms with van der Waals surface area (Å²) in [6, 6.07) is 12.4. The molecule has 5 rings (SSSR count). The van der Waals surface area contributed by atoms with E-state index in [1.54, 1.807) is 22.5 Å². The minimum atomic E-state index is -3.53. The standard InChI is InChI=1S/C25H31FN4O2S/c26-23-8-4-3-7-21(23)18-28-24-25(29-14-13-27-24)11-15-30(16-12-25)33(31,32)22-10-9-19-5-1-2-6-20(19)17-22/h3-4,7-10,17,29H,1-2,5-6,11-16,18H2,(H,27,28). The fraction of sp³-hybridized carbons (Fsp3) is 0.480. The molecule has 2 aromatic carbocycles. The van der Waals surface area contributed by atoms with E-state index in [0.717, 1.165) is 31.6 Å². The number of benzene rings is 2. The van der Waals surface area contributed by atoms with E-state index >= 15 is 0 Å². The van der Waals surface area contributed by atoms with E-state index in [9.17, 15) is 12.8 Å². The van der Waals surface area contributed by atoms with Crippen LogP contribution in [0.15, 0.2) is 52.4 Å². The molecule has 1 spiro atoms. The number of piperidine rings is 1. The van der Waals surface area contributed by atoms with Gasteiger partial charge in [0.2, 0.25) is 10.0 Å². The summed E-state index contributed by atoms with van der Waals surface area (Å²) in [5, 5.41) is 6.92. The van der Waals surface area contributed by atoms with E-state index in [-0.39, 0.29) is 5.82 Å². The topological polar surface area (TPSA) is 73.8 Å². The Bertz CT molecular complexity index is 1160. The first kappa shape index (κ1) is 22.5. The van der Waals surface area contributed by atoms with Crippen LogP contribution in [-0.4, -0.2) is 50.3 Å². The lowest BCUT2D eigenvalue weighted by atomic mass is 9.85. The van der Waals surface area contributed by atoms with Gasteiger partial charge in [0.05, 0.1) is 17.0 Å². The highest BCUT2D eigenvalue weighted by Crippen LogP contribution is 2.31. The normalized spacial score (nSPS) is 20.8. The van der Waals surface area contributed by atoms with Crippen molar-refractivity contribution in [3.63, 3.8) is 0 Å². The van der Waals surface area contributed by atoms with Crippen molar-refractivity contribution in [2.24, 2.45) is 4.99 Å². The molecule has 0 aromatic heterocycles. The summed E-state index contributed by atoms with van der Waals surface area (Å²) in [5.41, 5.74) is 2.65. The van der Waals surface area contributed by atoms with Gasteiger partial charge in [0, 0.05) is 31.7 Å². The van der Waals surface area contributed by atoms with Crippen LogP contribution in [0.5, 0.6) is 0 Å². The molecule has 2 N–H and O–H groups in total. The molecule has 8 heteroatoms. The lowest BCUT2D eigenvalue weighted by Crippen LogP contribution is -2.64. The van der Waals surface area contributed by atoms with Crippen molar-refractivity contribution in [1.29, 1.82) is 0 Å². The second kappa shape index (κ2) is 9.16. The maximum atomic E-state index is 14.1. The number of aliphatic imine (C=N–C) groups is 1. The van der Waals surface area contributed by atoms with Crippen molar-refractivity contribution < 1.29 is 12.8 Å². The number of halogens is 1. The van der Waals surface area contributed by atoms with Gasteiger partial charge in [-0.1, -0.05) is 24.3 Å². The zero-order valence-corrected chi connectivity index (χ0v) is 19.6. The Labute approximate surface area is 195 Å². The fourth-order valence-corrected chi connectivity index (χ4v) is 6.78. The van der Waals surface area contributed by atoms with Gasteiger partial charge in [-0.05, 0) is 67.9 Å². The van der Waals surface area contributed by atoms with Gasteiger partial charge in [-0.3, -0.25) is 4.99 Å². The van der Waals surface area contributed by atoms with E-state index < -0.39 is 15.6 Å². The van der Waals surface area contributed by atoms with Gasteiger partial charge < -0.3 is 10.6 Å². The number of amidine groups is 1. The first-order valence-electron chi connectivity index (χ1n) is 11.9. The quantitative estimate of drug-likeness (QED) is 0.721. The van der Waals surface area contributed by atoms with E-state index in [1.807, 2.05) is 18.2 Å². The highest BCUT2D eigenvalue weighted by molar-refractivity contribution is 7.89. The number of fused-ring (bicyclic) bond motifs is 1. The largest absolute Gasteiger partial charge is 0.368 e. The summed E-state index contributed by atoms with van der Waals surface area (Å²) in [6.45, 7) is 2.60. The summed E-state index contributed by atoms with van der Waals surface area (Å²) in [4.78, 5) is 5.10. The summed E-state index contributed by atoms with van der Waals surface area (Å²) >= 11 is 0. The van der Waals surface area contributed by atoms with Crippen LogP contribution in [-0.2, 0) is 29.4 Å². The average Bonchev–Trinajstić information content (AvgIpc) is 2.84. The first-order valence-corrected chi connectivity index (χ1v) is 13.3. The number of sulfonamides is 1. The Morgan fingerprint density at radius 2 is 1.82 bits per heavy atom. The van der Waals surface area contributed by atoms with Gasteiger partial charge in [-0.25, -0.2) is 12.8 Å². The van der Waals surface area contributed by atoms with Crippen molar-refractivity contribution in [1.82, 2.24) is 14.9 Å². The molecule has 2 aromatic rings. The second-order valence-electron chi connectivity index (χ2n) is 9.23. The SMILES string of the molecule is O=S(=O)(c1ccc2c(c1)CCCC2)N1CCC2(CC1)NCCN=C2NCc1ccccc1F. The Morgan fingerprint density at radius 1 is 1.06 bits per heavy atom. The minimum Gasteiger partial charge on any atom is -0.368 e. The minimum absolute atomic E-state index is 0.241. The first-order chi connectivity index (χ1) is 16.0. The van der Waals surface area contributed by atoms with Crippen molar-refractivity contribution in [2.45, 2.75) is 55.5 Å². The third-order valence-electron chi connectivity index (χ3n) is 7.24. The zero-order chi connectivity index (χ0) is 22.9. The molecule has 176 valence electrons. The van der Waals surface area contributed by atoms with E-state index in [2.05, 4.69) is 10.6 Å². The van der Waals surface area contributed by atoms with Crippen LogP contribution in [0.3, 0.4) is 0 Å². The zero-order valence-electron chi connectivity index (χ0n) is 18.8. The molecule has 0 bridgehead atoms. The second-order valence-corrected chi connectivity index (χ2v) is 11.2. The number of hydrogen-bond acceptors (Lipinski definition) is 5. The van der Waals surface area contributed by atoms with Gasteiger partial charge in [-0.2, -0.15) is 4.31 Å². The molecule has 3 aliphatic rings. The smallest absolute Gasteiger partial charge is 0.243 e. The van der Waals surface area contributed by atoms with Crippen LogP contribution in [0.25, 0.3) is 0 Å².